The molecule has 1 N–H and O–H groups in total. The number of hydrogen-bond acceptors (Lipinski definition) is 4. The van der Waals surface area contributed by atoms with Gasteiger partial charge in [0.2, 0.25) is 0 Å². The zero-order chi connectivity index (χ0) is 13.3. The minimum atomic E-state index is -3.10. The van der Waals surface area contributed by atoms with E-state index in [2.05, 4.69) is 0 Å². The SMILES string of the molecule is O=C(c1c(O)cccc1F)N1CCS(=O)(=O)CC1. The van der Waals surface area contributed by atoms with E-state index in [0.29, 0.717) is 0 Å². The van der Waals surface area contributed by atoms with E-state index in [1.807, 2.05) is 0 Å². The number of hydrogen-bond donors (Lipinski definition) is 1. The molecule has 0 aromatic heterocycles. The highest BCUT2D eigenvalue weighted by Gasteiger charge is 2.28. The molecule has 1 fully saturated rings. The van der Waals surface area contributed by atoms with Crippen molar-refractivity contribution in [3.63, 3.8) is 0 Å². The van der Waals surface area contributed by atoms with Crippen LogP contribution in [0.25, 0.3) is 0 Å². The molecule has 98 valence electrons. The van der Waals surface area contributed by atoms with Crippen molar-refractivity contribution < 1.29 is 22.7 Å². The lowest BCUT2D eigenvalue weighted by atomic mass is 10.1. The molecule has 7 heteroatoms. The Morgan fingerprint density at radius 3 is 2.44 bits per heavy atom. The first-order valence-electron chi connectivity index (χ1n) is 5.38. The summed E-state index contributed by atoms with van der Waals surface area (Å²) < 4.78 is 35.9. The van der Waals surface area contributed by atoms with E-state index in [4.69, 9.17) is 0 Å². The molecule has 1 aliphatic rings. The number of halogens is 1. The Morgan fingerprint density at radius 2 is 1.89 bits per heavy atom. The first-order valence-corrected chi connectivity index (χ1v) is 7.20. The standard InChI is InChI=1S/C11H12FNO4S/c12-8-2-1-3-9(14)10(8)11(15)13-4-6-18(16,17)7-5-13/h1-3,14H,4-7H2. The van der Waals surface area contributed by atoms with Crippen molar-refractivity contribution in [2.45, 2.75) is 0 Å². The Bertz CT molecular complexity index is 550. The van der Waals surface area contributed by atoms with Crippen molar-refractivity contribution in [1.82, 2.24) is 4.90 Å². The van der Waals surface area contributed by atoms with Gasteiger partial charge in [0.05, 0.1) is 11.5 Å². The van der Waals surface area contributed by atoms with Gasteiger partial charge >= 0.3 is 0 Å². The summed E-state index contributed by atoms with van der Waals surface area (Å²) in [4.78, 5) is 13.2. The number of amides is 1. The first kappa shape index (κ1) is 12.8. The number of nitrogens with zero attached hydrogens (tertiary/aromatic N) is 1. The van der Waals surface area contributed by atoms with Gasteiger partial charge in [-0.25, -0.2) is 12.8 Å². The van der Waals surface area contributed by atoms with Crippen LogP contribution in [0.5, 0.6) is 5.75 Å². The van der Waals surface area contributed by atoms with E-state index >= 15 is 0 Å². The van der Waals surface area contributed by atoms with Crippen LogP contribution in [0.4, 0.5) is 4.39 Å². The van der Waals surface area contributed by atoms with Crippen LogP contribution < -0.4 is 0 Å². The fraction of sp³-hybridized carbons (Fsp3) is 0.364. The lowest BCUT2D eigenvalue weighted by Crippen LogP contribution is -2.44. The third-order valence-corrected chi connectivity index (χ3v) is 4.45. The maximum Gasteiger partial charge on any atom is 0.260 e. The zero-order valence-corrected chi connectivity index (χ0v) is 10.3. The highest BCUT2D eigenvalue weighted by atomic mass is 32.2. The summed E-state index contributed by atoms with van der Waals surface area (Å²) in [5.41, 5.74) is -0.406. The number of carbonyl (C=O) groups is 1. The van der Waals surface area contributed by atoms with E-state index in [9.17, 15) is 22.7 Å². The minimum Gasteiger partial charge on any atom is -0.507 e. The van der Waals surface area contributed by atoms with Crippen LogP contribution in [0.15, 0.2) is 18.2 Å². The fourth-order valence-electron chi connectivity index (χ4n) is 1.80. The van der Waals surface area contributed by atoms with Gasteiger partial charge in [0.25, 0.3) is 5.91 Å². The van der Waals surface area contributed by atoms with Crippen molar-refractivity contribution in [3.05, 3.63) is 29.6 Å². The van der Waals surface area contributed by atoms with Gasteiger partial charge in [-0.3, -0.25) is 4.79 Å². The van der Waals surface area contributed by atoms with Crippen LogP contribution in [0.1, 0.15) is 10.4 Å². The number of carbonyl (C=O) groups excluding carboxylic acids is 1. The molecular formula is C11H12FNO4S. The number of sulfone groups is 1. The molecule has 1 saturated heterocycles. The molecule has 0 bridgehead atoms. The number of benzene rings is 1. The molecule has 1 amide bonds. The Hall–Kier alpha value is -1.63. The van der Waals surface area contributed by atoms with Crippen LogP contribution in [-0.4, -0.2) is 48.9 Å². The molecule has 18 heavy (non-hydrogen) atoms. The molecule has 0 atom stereocenters. The van der Waals surface area contributed by atoms with Gasteiger partial charge in [-0.05, 0) is 12.1 Å². The topological polar surface area (TPSA) is 74.7 Å². The Morgan fingerprint density at radius 1 is 1.28 bits per heavy atom. The summed E-state index contributed by atoms with van der Waals surface area (Å²) in [5, 5.41) is 9.49. The van der Waals surface area contributed by atoms with Crippen LogP contribution >= 0.6 is 0 Å². The second-order valence-electron chi connectivity index (χ2n) is 4.08. The van der Waals surface area contributed by atoms with Crippen molar-refractivity contribution >= 4 is 15.7 Å². The molecule has 0 radical (unpaired) electrons. The maximum absolute atomic E-state index is 13.5. The minimum absolute atomic E-state index is 0.0228. The Kier molecular flexibility index (Phi) is 3.25. The highest BCUT2D eigenvalue weighted by molar-refractivity contribution is 7.91. The van der Waals surface area contributed by atoms with Gasteiger partial charge in [0, 0.05) is 13.1 Å². The summed E-state index contributed by atoms with van der Waals surface area (Å²) in [7, 11) is -3.10. The average molecular weight is 273 g/mol. The van der Waals surface area contributed by atoms with E-state index in [-0.39, 0.29) is 24.6 Å². The first-order chi connectivity index (χ1) is 8.41. The quantitative estimate of drug-likeness (QED) is 0.804. The Balaban J connectivity index is 2.23. The van der Waals surface area contributed by atoms with Crippen LogP contribution in [0.3, 0.4) is 0 Å². The van der Waals surface area contributed by atoms with Crippen molar-refractivity contribution in [1.29, 1.82) is 0 Å². The summed E-state index contributed by atoms with van der Waals surface area (Å²) in [5.74, 6) is -2.19. The lowest BCUT2D eigenvalue weighted by molar-refractivity contribution is 0.0762. The summed E-state index contributed by atoms with van der Waals surface area (Å²) in [6.45, 7) is 0.0455. The van der Waals surface area contributed by atoms with Gasteiger partial charge < -0.3 is 10.0 Å². The van der Waals surface area contributed by atoms with Gasteiger partial charge in [-0.15, -0.1) is 0 Å². The van der Waals surface area contributed by atoms with E-state index in [1.165, 1.54) is 17.0 Å². The molecule has 0 spiro atoms. The molecular weight excluding hydrogens is 261 g/mol. The second kappa shape index (κ2) is 4.56. The third kappa shape index (κ3) is 2.45. The smallest absolute Gasteiger partial charge is 0.260 e. The van der Waals surface area contributed by atoms with Gasteiger partial charge in [0.15, 0.2) is 9.84 Å². The summed E-state index contributed by atoms with van der Waals surface area (Å²) >= 11 is 0. The maximum atomic E-state index is 13.5. The van der Waals surface area contributed by atoms with E-state index in [1.54, 1.807) is 0 Å². The summed E-state index contributed by atoms with van der Waals surface area (Å²) in [6, 6.07) is 3.59. The molecule has 2 rings (SSSR count). The lowest BCUT2D eigenvalue weighted by Gasteiger charge is -2.27. The predicted octanol–water partition coefficient (Wildman–Crippen LogP) is 0.402. The molecule has 0 aliphatic carbocycles. The van der Waals surface area contributed by atoms with E-state index < -0.39 is 32.9 Å². The number of phenolic OH excluding ortho intramolecular Hbond substituents is 1. The third-order valence-electron chi connectivity index (χ3n) is 2.84. The Labute approximate surface area is 104 Å². The van der Waals surface area contributed by atoms with Crippen LogP contribution in [-0.2, 0) is 9.84 Å². The van der Waals surface area contributed by atoms with Gasteiger partial charge in [-0.2, -0.15) is 0 Å². The monoisotopic (exact) mass is 273 g/mol. The van der Waals surface area contributed by atoms with Crippen LogP contribution in [0.2, 0.25) is 0 Å². The summed E-state index contributed by atoms with van der Waals surface area (Å²) in [6.07, 6.45) is 0. The number of phenols is 1. The van der Waals surface area contributed by atoms with Gasteiger partial charge in [-0.1, -0.05) is 6.07 Å². The predicted molar refractivity (Wildman–Crippen MR) is 62.6 cm³/mol. The average Bonchev–Trinajstić information content (AvgIpc) is 2.28. The van der Waals surface area contributed by atoms with Crippen molar-refractivity contribution in [2.75, 3.05) is 24.6 Å². The number of rotatable bonds is 1. The second-order valence-corrected chi connectivity index (χ2v) is 6.38. The molecule has 1 aromatic rings. The van der Waals surface area contributed by atoms with Crippen molar-refractivity contribution in [2.24, 2.45) is 0 Å². The fourth-order valence-corrected chi connectivity index (χ4v) is 3.00. The normalized spacial score (nSPS) is 18.6. The zero-order valence-electron chi connectivity index (χ0n) is 9.47. The molecule has 5 nitrogen and oxygen atoms in total. The molecule has 1 heterocycles. The van der Waals surface area contributed by atoms with Gasteiger partial charge in [0.1, 0.15) is 17.1 Å². The largest absolute Gasteiger partial charge is 0.507 e. The highest BCUT2D eigenvalue weighted by Crippen LogP contribution is 2.22. The molecule has 0 saturated carbocycles. The van der Waals surface area contributed by atoms with Crippen molar-refractivity contribution in [3.8, 4) is 5.75 Å². The molecule has 1 aliphatic heterocycles. The number of aromatic hydroxyl groups is 1. The molecule has 1 aromatic carbocycles. The molecule has 0 unspecified atom stereocenters. The van der Waals surface area contributed by atoms with E-state index in [0.717, 1.165) is 6.07 Å². The van der Waals surface area contributed by atoms with Crippen LogP contribution in [0, 0.1) is 5.82 Å².